The molecule has 0 radical (unpaired) electrons. The second-order valence-electron chi connectivity index (χ2n) is 6.35. The van der Waals surface area contributed by atoms with E-state index in [2.05, 4.69) is 42.7 Å². The summed E-state index contributed by atoms with van der Waals surface area (Å²) < 4.78 is 5.74. The highest BCUT2D eigenvalue weighted by Gasteiger charge is 2.25. The normalized spacial score (nSPS) is 21.4. The van der Waals surface area contributed by atoms with Crippen LogP contribution in [-0.4, -0.2) is 41.4 Å². The van der Waals surface area contributed by atoms with Crippen molar-refractivity contribution in [3.8, 4) is 0 Å². The molecule has 0 aromatic heterocycles. The second kappa shape index (κ2) is 7.21. The van der Waals surface area contributed by atoms with Gasteiger partial charge in [0.1, 0.15) is 0 Å². The van der Waals surface area contributed by atoms with Crippen molar-refractivity contribution < 1.29 is 9.84 Å². The predicted octanol–water partition coefficient (Wildman–Crippen LogP) is 2.91. The Kier molecular flexibility index (Phi) is 5.57. The van der Waals surface area contributed by atoms with Crippen LogP contribution in [0.4, 0.5) is 0 Å². The van der Waals surface area contributed by atoms with Gasteiger partial charge >= 0.3 is 0 Å². The van der Waals surface area contributed by atoms with Gasteiger partial charge in [0, 0.05) is 26.2 Å². The third-order valence-electron chi connectivity index (χ3n) is 3.96. The maximum atomic E-state index is 10.3. The van der Waals surface area contributed by atoms with Gasteiger partial charge in [0.15, 0.2) is 0 Å². The monoisotopic (exact) mass is 289 g/mol. The van der Waals surface area contributed by atoms with Crippen LogP contribution in [0, 0.1) is 6.92 Å². The zero-order chi connectivity index (χ0) is 15.3. The first-order chi connectivity index (χ1) is 9.98. The number of hydrogen-bond acceptors (Lipinski definition) is 3. The van der Waals surface area contributed by atoms with Gasteiger partial charge in [0.25, 0.3) is 0 Å². The van der Waals surface area contributed by atoms with Crippen LogP contribution in [-0.2, 0) is 11.3 Å². The standard InChI is InChI=1S/C18H27NO2/c1-4-18(3,20)14-19(13-17-9-6-10-21-17)12-16-8-5-7-15(2)11-16/h4-5,7-8,11,17,20H,1,6,9-10,12-14H2,2-3H3. The molecule has 0 bridgehead atoms. The summed E-state index contributed by atoms with van der Waals surface area (Å²) >= 11 is 0. The number of benzene rings is 1. The highest BCUT2D eigenvalue weighted by molar-refractivity contribution is 5.22. The topological polar surface area (TPSA) is 32.7 Å². The Morgan fingerprint density at radius 1 is 1.52 bits per heavy atom. The van der Waals surface area contributed by atoms with Gasteiger partial charge in [-0.05, 0) is 32.3 Å². The molecule has 3 nitrogen and oxygen atoms in total. The molecule has 1 heterocycles. The van der Waals surface area contributed by atoms with E-state index in [1.165, 1.54) is 11.1 Å². The van der Waals surface area contributed by atoms with Crippen molar-refractivity contribution in [1.82, 2.24) is 4.90 Å². The third kappa shape index (κ3) is 5.27. The van der Waals surface area contributed by atoms with Crippen molar-refractivity contribution >= 4 is 0 Å². The van der Waals surface area contributed by atoms with Crippen LogP contribution in [0.15, 0.2) is 36.9 Å². The average molecular weight is 289 g/mol. The Labute approximate surface area is 128 Å². The van der Waals surface area contributed by atoms with Crippen molar-refractivity contribution in [2.24, 2.45) is 0 Å². The van der Waals surface area contributed by atoms with Crippen molar-refractivity contribution in [2.75, 3.05) is 19.7 Å². The number of aryl methyl sites for hydroxylation is 1. The maximum absolute atomic E-state index is 10.3. The summed E-state index contributed by atoms with van der Waals surface area (Å²) in [6.45, 7) is 10.8. The van der Waals surface area contributed by atoms with E-state index in [1.807, 2.05) is 0 Å². The first kappa shape index (κ1) is 16.2. The van der Waals surface area contributed by atoms with E-state index in [0.717, 1.165) is 32.5 Å². The lowest BCUT2D eigenvalue weighted by Gasteiger charge is -2.31. The predicted molar refractivity (Wildman–Crippen MR) is 86.3 cm³/mol. The molecule has 0 aliphatic carbocycles. The summed E-state index contributed by atoms with van der Waals surface area (Å²) in [6.07, 6.45) is 4.16. The molecule has 1 aliphatic heterocycles. The molecule has 116 valence electrons. The van der Waals surface area contributed by atoms with Crippen LogP contribution in [0.25, 0.3) is 0 Å². The Bertz CT molecular complexity index is 464. The van der Waals surface area contributed by atoms with Gasteiger partial charge in [-0.1, -0.05) is 35.9 Å². The van der Waals surface area contributed by atoms with E-state index in [4.69, 9.17) is 4.74 Å². The number of aliphatic hydroxyl groups is 1. The van der Waals surface area contributed by atoms with Crippen LogP contribution in [0.5, 0.6) is 0 Å². The van der Waals surface area contributed by atoms with Crippen molar-refractivity contribution in [2.45, 2.75) is 44.9 Å². The van der Waals surface area contributed by atoms with E-state index in [9.17, 15) is 5.11 Å². The van der Waals surface area contributed by atoms with E-state index in [1.54, 1.807) is 13.0 Å². The molecule has 1 aromatic carbocycles. The number of nitrogens with zero attached hydrogens (tertiary/aromatic N) is 1. The fraction of sp³-hybridized carbons (Fsp3) is 0.556. The van der Waals surface area contributed by atoms with Crippen LogP contribution in [0.2, 0.25) is 0 Å². The quantitative estimate of drug-likeness (QED) is 0.783. The molecule has 1 fully saturated rings. The summed E-state index contributed by atoms with van der Waals surface area (Å²) in [7, 11) is 0. The lowest BCUT2D eigenvalue weighted by atomic mass is 10.0. The molecule has 0 spiro atoms. The molecule has 2 atom stereocenters. The fourth-order valence-electron chi connectivity index (χ4n) is 2.85. The molecular formula is C18H27NO2. The van der Waals surface area contributed by atoms with Crippen LogP contribution in [0.3, 0.4) is 0 Å². The van der Waals surface area contributed by atoms with Crippen LogP contribution >= 0.6 is 0 Å². The zero-order valence-corrected chi connectivity index (χ0v) is 13.2. The lowest BCUT2D eigenvalue weighted by Crippen LogP contribution is -2.42. The summed E-state index contributed by atoms with van der Waals surface area (Å²) in [4.78, 5) is 2.27. The Balaban J connectivity index is 2.04. The first-order valence-corrected chi connectivity index (χ1v) is 7.74. The van der Waals surface area contributed by atoms with Gasteiger partial charge in [-0.25, -0.2) is 0 Å². The third-order valence-corrected chi connectivity index (χ3v) is 3.96. The summed E-state index contributed by atoms with van der Waals surface area (Å²) in [5, 5.41) is 10.3. The average Bonchev–Trinajstić information content (AvgIpc) is 2.91. The molecule has 2 rings (SSSR count). The van der Waals surface area contributed by atoms with E-state index in [-0.39, 0.29) is 6.10 Å². The SMILES string of the molecule is C=CC(C)(O)CN(Cc1cccc(C)c1)CC1CCCO1. The molecule has 1 aliphatic rings. The summed E-state index contributed by atoms with van der Waals surface area (Å²) in [5.74, 6) is 0. The first-order valence-electron chi connectivity index (χ1n) is 7.74. The number of hydrogen-bond donors (Lipinski definition) is 1. The number of rotatable bonds is 7. The fourth-order valence-corrected chi connectivity index (χ4v) is 2.85. The minimum Gasteiger partial charge on any atom is -0.385 e. The molecule has 3 heteroatoms. The van der Waals surface area contributed by atoms with Gasteiger partial charge in [-0.2, -0.15) is 0 Å². The van der Waals surface area contributed by atoms with Gasteiger partial charge in [-0.3, -0.25) is 4.90 Å². The largest absolute Gasteiger partial charge is 0.385 e. The van der Waals surface area contributed by atoms with Crippen molar-refractivity contribution in [1.29, 1.82) is 0 Å². The van der Waals surface area contributed by atoms with Crippen molar-refractivity contribution in [3.63, 3.8) is 0 Å². The Morgan fingerprint density at radius 3 is 2.95 bits per heavy atom. The van der Waals surface area contributed by atoms with Crippen molar-refractivity contribution in [3.05, 3.63) is 48.0 Å². The number of ether oxygens (including phenoxy) is 1. The molecule has 21 heavy (non-hydrogen) atoms. The molecule has 1 saturated heterocycles. The molecular weight excluding hydrogens is 262 g/mol. The lowest BCUT2D eigenvalue weighted by molar-refractivity contribution is 0.0243. The van der Waals surface area contributed by atoms with Gasteiger partial charge in [0.05, 0.1) is 11.7 Å². The van der Waals surface area contributed by atoms with Gasteiger partial charge < -0.3 is 9.84 Å². The molecule has 1 aromatic rings. The van der Waals surface area contributed by atoms with Gasteiger partial charge in [0.2, 0.25) is 0 Å². The Hall–Kier alpha value is -1.16. The highest BCUT2D eigenvalue weighted by atomic mass is 16.5. The van der Waals surface area contributed by atoms with E-state index in [0.29, 0.717) is 6.54 Å². The highest BCUT2D eigenvalue weighted by Crippen LogP contribution is 2.18. The van der Waals surface area contributed by atoms with Crippen LogP contribution in [0.1, 0.15) is 30.9 Å². The molecule has 0 saturated carbocycles. The Morgan fingerprint density at radius 2 is 2.33 bits per heavy atom. The molecule has 2 unspecified atom stereocenters. The molecule has 1 N–H and O–H groups in total. The minimum absolute atomic E-state index is 0.287. The van der Waals surface area contributed by atoms with E-state index >= 15 is 0 Å². The second-order valence-corrected chi connectivity index (χ2v) is 6.35. The summed E-state index contributed by atoms with van der Waals surface area (Å²) in [6, 6.07) is 8.53. The minimum atomic E-state index is -0.873. The smallest absolute Gasteiger partial charge is 0.0923 e. The van der Waals surface area contributed by atoms with Crippen LogP contribution < -0.4 is 0 Å². The van der Waals surface area contributed by atoms with E-state index < -0.39 is 5.60 Å². The zero-order valence-electron chi connectivity index (χ0n) is 13.2. The molecule has 0 amide bonds. The maximum Gasteiger partial charge on any atom is 0.0923 e. The summed E-state index contributed by atoms with van der Waals surface area (Å²) in [5.41, 5.74) is 1.66. The van der Waals surface area contributed by atoms with Gasteiger partial charge in [-0.15, -0.1) is 6.58 Å².